The van der Waals surface area contributed by atoms with Crippen LogP contribution in [0.3, 0.4) is 0 Å². The second-order valence-corrected chi connectivity index (χ2v) is 7.28. The third kappa shape index (κ3) is 4.15. The summed E-state index contributed by atoms with van der Waals surface area (Å²) in [5.41, 5.74) is 0.814. The average molecular weight is 389 g/mol. The third-order valence-electron chi connectivity index (χ3n) is 3.76. The summed E-state index contributed by atoms with van der Waals surface area (Å²) in [7, 11) is 0. The summed E-state index contributed by atoms with van der Waals surface area (Å²) in [6.07, 6.45) is -0.719. The minimum absolute atomic E-state index is 0.0559. The molecule has 0 unspecified atom stereocenters. The fourth-order valence-electron chi connectivity index (χ4n) is 2.55. The first-order valence-corrected chi connectivity index (χ1v) is 9.41. The molecule has 0 aliphatic carbocycles. The summed E-state index contributed by atoms with van der Waals surface area (Å²) in [6.45, 7) is 1.70. The molecule has 0 saturated carbocycles. The number of thioether (sulfide) groups is 1. The highest BCUT2D eigenvalue weighted by Crippen LogP contribution is 2.21. The van der Waals surface area contributed by atoms with Gasteiger partial charge in [0.1, 0.15) is 0 Å². The van der Waals surface area contributed by atoms with Crippen LogP contribution in [0.5, 0.6) is 0 Å². The van der Waals surface area contributed by atoms with Gasteiger partial charge < -0.3 is 5.11 Å². The van der Waals surface area contributed by atoms with Crippen LogP contribution in [0.1, 0.15) is 17.3 Å². The zero-order chi connectivity index (χ0) is 18.7. The molecule has 134 valence electrons. The van der Waals surface area contributed by atoms with E-state index in [-0.39, 0.29) is 23.6 Å². The zero-order valence-electron chi connectivity index (χ0n) is 14.1. The van der Waals surface area contributed by atoms with Crippen molar-refractivity contribution in [3.05, 3.63) is 69.5 Å². The number of rotatable bonds is 6. The van der Waals surface area contributed by atoms with Crippen molar-refractivity contribution in [1.82, 2.24) is 9.55 Å². The molecule has 3 rings (SSSR count). The smallest absolute Gasteiger partial charge is 0.262 e. The number of aliphatic hydroxyl groups excluding tert-OH is 1. The molecule has 0 radical (unpaired) electrons. The summed E-state index contributed by atoms with van der Waals surface area (Å²) < 4.78 is 1.41. The Morgan fingerprint density at radius 1 is 1.27 bits per heavy atom. The molecule has 0 aliphatic rings. The average Bonchev–Trinajstić information content (AvgIpc) is 2.62. The van der Waals surface area contributed by atoms with E-state index in [2.05, 4.69) is 4.98 Å². The Morgan fingerprint density at radius 2 is 2.00 bits per heavy atom. The van der Waals surface area contributed by atoms with Gasteiger partial charge in [-0.1, -0.05) is 53.7 Å². The van der Waals surface area contributed by atoms with Gasteiger partial charge in [0.15, 0.2) is 10.9 Å². The van der Waals surface area contributed by atoms with Gasteiger partial charge in [-0.25, -0.2) is 4.98 Å². The van der Waals surface area contributed by atoms with Crippen LogP contribution in [-0.2, 0) is 6.54 Å². The number of carbonyl (C=O) groups excluding carboxylic acids is 1. The quantitative estimate of drug-likeness (QED) is 0.398. The molecule has 2 aromatic carbocycles. The second-order valence-electron chi connectivity index (χ2n) is 5.90. The number of aromatic nitrogens is 2. The first-order valence-electron chi connectivity index (χ1n) is 8.05. The summed E-state index contributed by atoms with van der Waals surface area (Å²) in [5, 5.41) is 11.0. The first-order chi connectivity index (χ1) is 12.5. The van der Waals surface area contributed by atoms with E-state index < -0.39 is 6.10 Å². The van der Waals surface area contributed by atoms with E-state index >= 15 is 0 Å². The van der Waals surface area contributed by atoms with Crippen molar-refractivity contribution in [3.63, 3.8) is 0 Å². The minimum Gasteiger partial charge on any atom is -0.392 e. The van der Waals surface area contributed by atoms with Gasteiger partial charge in [-0.15, -0.1) is 0 Å². The van der Waals surface area contributed by atoms with Gasteiger partial charge in [0.2, 0.25) is 0 Å². The van der Waals surface area contributed by atoms with Crippen LogP contribution in [0.4, 0.5) is 0 Å². The monoisotopic (exact) mass is 388 g/mol. The maximum Gasteiger partial charge on any atom is 0.262 e. The lowest BCUT2D eigenvalue weighted by molar-refractivity contribution is 0.102. The van der Waals surface area contributed by atoms with Crippen LogP contribution in [0.25, 0.3) is 10.9 Å². The van der Waals surface area contributed by atoms with Gasteiger partial charge in [-0.2, -0.15) is 0 Å². The summed E-state index contributed by atoms with van der Waals surface area (Å²) in [6, 6.07) is 13.8. The fraction of sp³-hybridized carbons (Fsp3) is 0.211. The number of aliphatic hydroxyl groups is 1. The van der Waals surface area contributed by atoms with Crippen LogP contribution >= 0.6 is 23.4 Å². The number of halogens is 1. The Hall–Kier alpha value is -2.15. The molecule has 0 fully saturated rings. The van der Waals surface area contributed by atoms with Gasteiger partial charge in [0.05, 0.1) is 29.3 Å². The third-order valence-corrected chi connectivity index (χ3v) is 4.97. The molecule has 0 amide bonds. The minimum atomic E-state index is -0.719. The van der Waals surface area contributed by atoms with Crippen molar-refractivity contribution < 1.29 is 9.90 Å². The summed E-state index contributed by atoms with van der Waals surface area (Å²) in [5.74, 6) is 0.0853. The van der Waals surface area contributed by atoms with E-state index in [4.69, 9.17) is 11.6 Å². The molecule has 26 heavy (non-hydrogen) atoms. The fourth-order valence-corrected chi connectivity index (χ4v) is 3.62. The van der Waals surface area contributed by atoms with Crippen molar-refractivity contribution in [2.24, 2.45) is 0 Å². The molecule has 5 nitrogen and oxygen atoms in total. The molecular weight excluding hydrogens is 372 g/mol. The van der Waals surface area contributed by atoms with Crippen LogP contribution in [0, 0.1) is 0 Å². The SMILES string of the molecule is C[C@H](O)Cn1c(SCC(=O)c2ccccc2)nc2cc(Cl)ccc2c1=O. The number of fused-ring (bicyclic) bond motifs is 1. The number of hydrogen-bond acceptors (Lipinski definition) is 5. The van der Waals surface area contributed by atoms with E-state index in [1.165, 1.54) is 16.3 Å². The van der Waals surface area contributed by atoms with Crippen LogP contribution in [-0.4, -0.2) is 32.3 Å². The number of ketones is 1. The van der Waals surface area contributed by atoms with Gasteiger partial charge in [-0.3, -0.25) is 14.2 Å². The van der Waals surface area contributed by atoms with Gasteiger partial charge >= 0.3 is 0 Å². The molecule has 1 N–H and O–H groups in total. The van der Waals surface area contributed by atoms with Crippen molar-refractivity contribution >= 4 is 40.0 Å². The standard InChI is InChI=1S/C19H17ClN2O3S/c1-12(23)10-22-18(25)15-8-7-14(20)9-16(15)21-19(22)26-11-17(24)13-5-3-2-4-6-13/h2-9,12,23H,10-11H2,1H3/t12-/m0/s1. The van der Waals surface area contributed by atoms with Crippen molar-refractivity contribution in [2.45, 2.75) is 24.7 Å². The topological polar surface area (TPSA) is 72.2 Å². The number of benzene rings is 2. The normalized spacial score (nSPS) is 12.3. The lowest BCUT2D eigenvalue weighted by Crippen LogP contribution is -2.28. The molecule has 0 bridgehead atoms. The number of carbonyl (C=O) groups is 1. The largest absolute Gasteiger partial charge is 0.392 e. The van der Waals surface area contributed by atoms with E-state index in [9.17, 15) is 14.7 Å². The van der Waals surface area contributed by atoms with E-state index in [1.54, 1.807) is 49.4 Å². The second kappa shape index (κ2) is 8.03. The Bertz CT molecular complexity index is 1000. The van der Waals surface area contributed by atoms with Gasteiger partial charge in [0.25, 0.3) is 5.56 Å². The molecule has 3 aromatic rings. The van der Waals surface area contributed by atoms with Gasteiger partial charge in [-0.05, 0) is 25.1 Å². The number of Topliss-reactive ketones (excluding diaryl/α,β-unsaturated/α-hetero) is 1. The first kappa shape index (κ1) is 18.6. The molecule has 1 heterocycles. The van der Waals surface area contributed by atoms with Crippen LogP contribution < -0.4 is 5.56 Å². The van der Waals surface area contributed by atoms with E-state index in [0.717, 1.165) is 0 Å². The highest BCUT2D eigenvalue weighted by atomic mass is 35.5. The number of hydrogen-bond donors (Lipinski definition) is 1. The summed E-state index contributed by atoms with van der Waals surface area (Å²) in [4.78, 5) is 29.6. The van der Waals surface area contributed by atoms with Crippen LogP contribution in [0.2, 0.25) is 5.02 Å². The lowest BCUT2D eigenvalue weighted by Gasteiger charge is -2.14. The number of nitrogens with zero attached hydrogens (tertiary/aromatic N) is 2. The van der Waals surface area contributed by atoms with Crippen LogP contribution in [0.15, 0.2) is 58.5 Å². The Labute approximate surface area is 159 Å². The zero-order valence-corrected chi connectivity index (χ0v) is 15.6. The van der Waals surface area contributed by atoms with Gasteiger partial charge in [0, 0.05) is 10.6 Å². The van der Waals surface area contributed by atoms with Crippen molar-refractivity contribution in [3.8, 4) is 0 Å². The molecule has 0 aliphatic heterocycles. The molecule has 0 saturated heterocycles. The predicted octanol–water partition coefficient (Wildman–Crippen LogP) is 3.41. The maximum absolute atomic E-state index is 12.8. The maximum atomic E-state index is 12.8. The molecule has 0 spiro atoms. The molecular formula is C19H17ClN2O3S. The predicted molar refractivity (Wildman–Crippen MR) is 104 cm³/mol. The molecule has 7 heteroatoms. The Morgan fingerprint density at radius 3 is 2.69 bits per heavy atom. The highest BCUT2D eigenvalue weighted by molar-refractivity contribution is 7.99. The molecule has 1 atom stereocenters. The Kier molecular flexibility index (Phi) is 5.76. The Balaban J connectivity index is 1.97. The lowest BCUT2D eigenvalue weighted by atomic mass is 10.2. The van der Waals surface area contributed by atoms with E-state index in [0.29, 0.717) is 26.6 Å². The highest BCUT2D eigenvalue weighted by Gasteiger charge is 2.15. The van der Waals surface area contributed by atoms with Crippen molar-refractivity contribution in [1.29, 1.82) is 0 Å². The summed E-state index contributed by atoms with van der Waals surface area (Å²) >= 11 is 7.18. The molecule has 1 aromatic heterocycles. The van der Waals surface area contributed by atoms with Crippen molar-refractivity contribution in [2.75, 3.05) is 5.75 Å². The van der Waals surface area contributed by atoms with E-state index in [1.807, 2.05) is 6.07 Å².